The van der Waals surface area contributed by atoms with Crippen LogP contribution in [-0.2, 0) is 19.4 Å². The Balaban J connectivity index is 2.28. The van der Waals surface area contributed by atoms with Crippen LogP contribution in [0.4, 0.5) is 0 Å². The van der Waals surface area contributed by atoms with E-state index >= 15 is 0 Å². The molecule has 0 saturated heterocycles. The number of nitrogens with zero attached hydrogens (tertiary/aromatic N) is 2. The van der Waals surface area contributed by atoms with Crippen molar-refractivity contribution >= 4 is 23.2 Å². The van der Waals surface area contributed by atoms with E-state index in [-0.39, 0.29) is 6.04 Å². The number of nitrogens with one attached hydrogen (secondary N) is 1. The third kappa shape index (κ3) is 3.98. The average Bonchev–Trinajstić information content (AvgIpc) is 2.85. The number of rotatable bonds is 6. The third-order valence-corrected chi connectivity index (χ3v) is 3.91. The van der Waals surface area contributed by atoms with E-state index < -0.39 is 0 Å². The van der Waals surface area contributed by atoms with Crippen molar-refractivity contribution in [3.8, 4) is 0 Å². The van der Waals surface area contributed by atoms with Gasteiger partial charge < -0.3 is 0 Å². The molecule has 0 bridgehead atoms. The second-order valence-corrected chi connectivity index (χ2v) is 5.80. The molecule has 0 radical (unpaired) electrons. The number of aryl methyl sites for hydroxylation is 2. The molecule has 0 fully saturated rings. The Morgan fingerprint density at radius 3 is 2.38 bits per heavy atom. The van der Waals surface area contributed by atoms with Crippen molar-refractivity contribution in [1.82, 2.24) is 15.2 Å². The molecule has 1 atom stereocenters. The fraction of sp³-hybridized carbons (Fsp3) is 0.400. The molecule has 1 unspecified atom stereocenters. The zero-order valence-electron chi connectivity index (χ0n) is 12.2. The molecule has 2 rings (SSSR count). The summed E-state index contributed by atoms with van der Waals surface area (Å²) in [6.07, 6.45) is 1.65. The van der Waals surface area contributed by atoms with E-state index in [1.54, 1.807) is 6.07 Å². The normalized spacial score (nSPS) is 12.6. The molecular weight excluding hydrogens is 307 g/mol. The second-order valence-electron chi connectivity index (χ2n) is 4.92. The Bertz CT molecular complexity index is 589. The van der Waals surface area contributed by atoms with Gasteiger partial charge in [-0.2, -0.15) is 5.10 Å². The second kappa shape index (κ2) is 7.27. The summed E-state index contributed by atoms with van der Waals surface area (Å²) >= 11 is 12.1. The van der Waals surface area contributed by atoms with Gasteiger partial charge in [0.05, 0.1) is 11.7 Å². The van der Waals surface area contributed by atoms with Crippen molar-refractivity contribution in [2.24, 2.45) is 5.84 Å². The van der Waals surface area contributed by atoms with E-state index in [2.05, 4.69) is 30.4 Å². The molecular formula is C15H20Cl2N4. The number of halogens is 2. The molecule has 1 heterocycles. The van der Waals surface area contributed by atoms with Crippen molar-refractivity contribution in [2.75, 3.05) is 0 Å². The first-order chi connectivity index (χ1) is 10.1. The highest BCUT2D eigenvalue weighted by molar-refractivity contribution is 6.34. The first kappa shape index (κ1) is 16.3. The van der Waals surface area contributed by atoms with Crippen molar-refractivity contribution in [1.29, 1.82) is 0 Å². The van der Waals surface area contributed by atoms with Crippen LogP contribution in [0.2, 0.25) is 10.0 Å². The van der Waals surface area contributed by atoms with Crippen LogP contribution in [0.15, 0.2) is 24.3 Å². The zero-order valence-corrected chi connectivity index (χ0v) is 13.7. The number of hydrogen-bond donors (Lipinski definition) is 2. The summed E-state index contributed by atoms with van der Waals surface area (Å²) in [7, 11) is 0. The Labute approximate surface area is 135 Å². The van der Waals surface area contributed by atoms with Gasteiger partial charge in [-0.15, -0.1) is 0 Å². The summed E-state index contributed by atoms with van der Waals surface area (Å²) in [5, 5.41) is 5.77. The minimum Gasteiger partial charge on any atom is -0.271 e. The number of hydrogen-bond acceptors (Lipinski definition) is 3. The maximum Gasteiger partial charge on any atom is 0.0624 e. The molecule has 0 saturated carbocycles. The van der Waals surface area contributed by atoms with Crippen LogP contribution in [0.5, 0.6) is 0 Å². The SMILES string of the molecule is CCc1cc(CC(NN)c2cc(Cl)cc(Cl)c2)n(CC)n1. The number of nitrogens with two attached hydrogens (primary N) is 1. The molecule has 0 aliphatic heterocycles. The van der Waals surface area contributed by atoms with Crippen LogP contribution in [0.3, 0.4) is 0 Å². The lowest BCUT2D eigenvalue weighted by molar-refractivity contribution is 0.516. The van der Waals surface area contributed by atoms with Gasteiger partial charge in [-0.25, -0.2) is 0 Å². The standard InChI is InChI=1S/C15H20Cl2N4/c1-3-13-8-14(21(4-2)20-13)9-15(19-18)10-5-11(16)7-12(17)6-10/h5-8,15,19H,3-4,9,18H2,1-2H3. The smallest absolute Gasteiger partial charge is 0.0624 e. The lowest BCUT2D eigenvalue weighted by Crippen LogP contribution is -2.30. The molecule has 114 valence electrons. The van der Waals surface area contributed by atoms with E-state index in [1.165, 1.54) is 0 Å². The molecule has 0 aliphatic rings. The first-order valence-corrected chi connectivity index (χ1v) is 7.80. The number of benzene rings is 1. The Kier molecular flexibility index (Phi) is 5.65. The van der Waals surface area contributed by atoms with Crippen molar-refractivity contribution in [3.05, 3.63) is 51.3 Å². The fourth-order valence-corrected chi connectivity index (χ4v) is 2.93. The molecule has 1 aromatic heterocycles. The lowest BCUT2D eigenvalue weighted by Gasteiger charge is -2.17. The minimum atomic E-state index is -0.0621. The summed E-state index contributed by atoms with van der Waals surface area (Å²) in [5.41, 5.74) is 6.05. The van der Waals surface area contributed by atoms with Crippen LogP contribution in [0.1, 0.15) is 36.8 Å². The first-order valence-electron chi connectivity index (χ1n) is 7.05. The van der Waals surface area contributed by atoms with Crippen molar-refractivity contribution in [2.45, 2.75) is 39.3 Å². The minimum absolute atomic E-state index is 0.0621. The van der Waals surface area contributed by atoms with Gasteiger partial charge in [0.1, 0.15) is 0 Å². The molecule has 4 nitrogen and oxygen atoms in total. The van der Waals surface area contributed by atoms with E-state index in [9.17, 15) is 0 Å². The Morgan fingerprint density at radius 2 is 1.86 bits per heavy atom. The maximum atomic E-state index is 6.07. The van der Waals surface area contributed by atoms with Gasteiger partial charge in [-0.05, 0) is 43.2 Å². The highest BCUT2D eigenvalue weighted by atomic mass is 35.5. The summed E-state index contributed by atoms with van der Waals surface area (Å²) < 4.78 is 2.01. The van der Waals surface area contributed by atoms with Gasteiger partial charge in [0.25, 0.3) is 0 Å². The molecule has 21 heavy (non-hydrogen) atoms. The van der Waals surface area contributed by atoms with Crippen molar-refractivity contribution in [3.63, 3.8) is 0 Å². The van der Waals surface area contributed by atoms with Crippen LogP contribution in [0, 0.1) is 0 Å². The van der Waals surface area contributed by atoms with Gasteiger partial charge in [0, 0.05) is 28.7 Å². The summed E-state index contributed by atoms with van der Waals surface area (Å²) in [6.45, 7) is 5.02. The summed E-state index contributed by atoms with van der Waals surface area (Å²) in [6, 6.07) is 7.54. The van der Waals surface area contributed by atoms with Crippen LogP contribution in [-0.4, -0.2) is 9.78 Å². The zero-order chi connectivity index (χ0) is 15.4. The number of aromatic nitrogens is 2. The predicted molar refractivity (Wildman–Crippen MR) is 87.5 cm³/mol. The molecule has 3 N–H and O–H groups in total. The molecule has 1 aromatic carbocycles. The van der Waals surface area contributed by atoms with Crippen molar-refractivity contribution < 1.29 is 0 Å². The quantitative estimate of drug-likeness (QED) is 0.630. The average molecular weight is 327 g/mol. The molecule has 0 amide bonds. The maximum absolute atomic E-state index is 6.07. The van der Waals surface area contributed by atoms with Gasteiger partial charge in [0.15, 0.2) is 0 Å². The number of hydrazine groups is 1. The highest BCUT2D eigenvalue weighted by Crippen LogP contribution is 2.25. The molecule has 0 spiro atoms. The Hall–Kier alpha value is -1.07. The monoisotopic (exact) mass is 326 g/mol. The molecule has 0 aliphatic carbocycles. The molecule has 6 heteroatoms. The topological polar surface area (TPSA) is 55.9 Å². The van der Waals surface area contributed by atoms with Gasteiger partial charge in [0.2, 0.25) is 0 Å². The third-order valence-electron chi connectivity index (χ3n) is 3.48. The van der Waals surface area contributed by atoms with E-state index in [4.69, 9.17) is 29.0 Å². The van der Waals surface area contributed by atoms with Crippen LogP contribution in [0.25, 0.3) is 0 Å². The lowest BCUT2D eigenvalue weighted by atomic mass is 10.0. The van der Waals surface area contributed by atoms with E-state index in [0.717, 1.165) is 36.3 Å². The Morgan fingerprint density at radius 1 is 1.19 bits per heavy atom. The van der Waals surface area contributed by atoms with Gasteiger partial charge in [-0.1, -0.05) is 30.1 Å². The summed E-state index contributed by atoms with van der Waals surface area (Å²) in [5.74, 6) is 5.72. The van der Waals surface area contributed by atoms with Crippen LogP contribution >= 0.6 is 23.2 Å². The highest BCUT2D eigenvalue weighted by Gasteiger charge is 2.15. The van der Waals surface area contributed by atoms with E-state index in [0.29, 0.717) is 10.0 Å². The molecule has 2 aromatic rings. The fourth-order valence-electron chi connectivity index (χ4n) is 2.38. The van der Waals surface area contributed by atoms with Gasteiger partial charge in [-0.3, -0.25) is 16.0 Å². The predicted octanol–water partition coefficient (Wildman–Crippen LogP) is 3.52. The van der Waals surface area contributed by atoms with E-state index in [1.807, 2.05) is 16.8 Å². The van der Waals surface area contributed by atoms with Gasteiger partial charge >= 0.3 is 0 Å². The summed E-state index contributed by atoms with van der Waals surface area (Å²) in [4.78, 5) is 0. The largest absolute Gasteiger partial charge is 0.271 e. The van der Waals surface area contributed by atoms with Crippen LogP contribution < -0.4 is 11.3 Å².